The number of rotatable bonds is 4. The van der Waals surface area contributed by atoms with Crippen molar-refractivity contribution >= 4 is 11.8 Å². The maximum Gasteiger partial charge on any atom is 0.267 e. The third-order valence-electron chi connectivity index (χ3n) is 4.78. The molecule has 3 atom stereocenters. The van der Waals surface area contributed by atoms with Crippen molar-refractivity contribution in [3.8, 4) is 0 Å². The van der Waals surface area contributed by atoms with Crippen LogP contribution in [0.2, 0.25) is 0 Å². The second-order valence-corrected chi connectivity index (χ2v) is 6.73. The van der Waals surface area contributed by atoms with Crippen LogP contribution in [-0.2, 0) is 16.0 Å². The highest BCUT2D eigenvalue weighted by Crippen LogP contribution is 2.17. The number of hydrogen-bond donors (Lipinski definition) is 3. The Morgan fingerprint density at radius 2 is 2.28 bits per heavy atom. The minimum atomic E-state index is -0.536. The molecule has 3 rings (SSSR count). The minimum absolute atomic E-state index is 0.0601. The predicted molar refractivity (Wildman–Crippen MR) is 91.4 cm³/mol. The van der Waals surface area contributed by atoms with E-state index in [2.05, 4.69) is 15.8 Å². The monoisotopic (exact) mass is 347 g/mol. The van der Waals surface area contributed by atoms with Crippen LogP contribution in [0, 0.1) is 11.8 Å². The van der Waals surface area contributed by atoms with Crippen LogP contribution in [0.15, 0.2) is 18.2 Å². The van der Waals surface area contributed by atoms with Gasteiger partial charge in [-0.15, -0.1) is 0 Å². The van der Waals surface area contributed by atoms with Crippen LogP contribution in [0.4, 0.5) is 0 Å². The van der Waals surface area contributed by atoms with Crippen molar-refractivity contribution in [1.29, 1.82) is 0 Å². The van der Waals surface area contributed by atoms with Gasteiger partial charge in [-0.05, 0) is 25.5 Å². The van der Waals surface area contributed by atoms with Gasteiger partial charge in [-0.3, -0.25) is 20.4 Å². The maximum atomic E-state index is 12.8. The lowest BCUT2D eigenvalue weighted by Crippen LogP contribution is -2.43. The van der Waals surface area contributed by atoms with Crippen LogP contribution in [0.25, 0.3) is 0 Å². The van der Waals surface area contributed by atoms with Crippen LogP contribution in [0.3, 0.4) is 0 Å². The summed E-state index contributed by atoms with van der Waals surface area (Å²) in [6.45, 7) is 5.00. The number of nitrogens with zero attached hydrogens (tertiary/aromatic N) is 2. The topological polar surface area (TPSA) is 110 Å². The molecule has 2 aliphatic rings. The lowest BCUT2D eigenvalue weighted by atomic mass is 9.99. The van der Waals surface area contributed by atoms with Crippen molar-refractivity contribution < 1.29 is 14.3 Å². The van der Waals surface area contributed by atoms with Crippen LogP contribution in [0.1, 0.15) is 23.1 Å². The van der Waals surface area contributed by atoms with Crippen LogP contribution in [0.5, 0.6) is 0 Å². The number of nitrogens with one attached hydrogen (secondary N) is 2. The molecule has 3 heterocycles. The molecule has 1 aromatic rings. The quantitative estimate of drug-likeness (QED) is 0.665. The Morgan fingerprint density at radius 1 is 1.44 bits per heavy atom. The van der Waals surface area contributed by atoms with Crippen LogP contribution < -0.4 is 16.6 Å². The fourth-order valence-electron chi connectivity index (χ4n) is 3.37. The maximum absolute atomic E-state index is 12.8. The third kappa shape index (κ3) is 4.33. The van der Waals surface area contributed by atoms with Crippen molar-refractivity contribution in [2.45, 2.75) is 19.4 Å². The van der Waals surface area contributed by atoms with Gasteiger partial charge in [0.05, 0.1) is 19.1 Å². The zero-order valence-electron chi connectivity index (χ0n) is 14.4. The Labute approximate surface area is 147 Å². The number of nitrogens with two attached hydrogens (primary N) is 1. The average molecular weight is 347 g/mol. The highest BCUT2D eigenvalue weighted by Gasteiger charge is 2.34. The summed E-state index contributed by atoms with van der Waals surface area (Å²) in [5, 5.41) is 0. The summed E-state index contributed by atoms with van der Waals surface area (Å²) in [6, 6.07) is 5.37. The first kappa shape index (κ1) is 17.8. The number of hydrogen-bond acceptors (Lipinski definition) is 6. The molecule has 2 fully saturated rings. The van der Waals surface area contributed by atoms with Gasteiger partial charge in [0.1, 0.15) is 5.69 Å². The number of aromatic nitrogens is 1. The molecule has 0 spiro atoms. The summed E-state index contributed by atoms with van der Waals surface area (Å²) in [7, 11) is 0. The number of ether oxygens (including phenoxy) is 1. The van der Waals surface area contributed by atoms with Crippen molar-refractivity contribution in [2.24, 2.45) is 17.6 Å². The Bertz CT molecular complexity index is 638. The van der Waals surface area contributed by atoms with E-state index in [1.165, 1.54) is 0 Å². The Balaban J connectivity index is 1.66. The zero-order valence-corrected chi connectivity index (χ0v) is 14.4. The number of amides is 2. The summed E-state index contributed by atoms with van der Waals surface area (Å²) in [4.78, 5) is 30.3. The van der Waals surface area contributed by atoms with Gasteiger partial charge in [0.15, 0.2) is 0 Å². The number of carbonyl (C=O) groups is 2. The first-order valence-corrected chi connectivity index (χ1v) is 8.65. The number of primary amides is 1. The fourth-order valence-corrected chi connectivity index (χ4v) is 3.37. The fraction of sp³-hybridized carbons (Fsp3) is 0.588. The summed E-state index contributed by atoms with van der Waals surface area (Å²) in [5.74, 6) is -0.305. The summed E-state index contributed by atoms with van der Waals surface area (Å²) >= 11 is 0. The second-order valence-electron chi connectivity index (χ2n) is 6.73. The van der Waals surface area contributed by atoms with E-state index in [4.69, 9.17) is 10.5 Å². The summed E-state index contributed by atoms with van der Waals surface area (Å²) in [5.41, 5.74) is 12.5. The molecule has 1 aromatic heterocycles. The number of pyridine rings is 1. The van der Waals surface area contributed by atoms with Crippen molar-refractivity contribution in [2.75, 3.05) is 32.8 Å². The predicted octanol–water partition coefficient (Wildman–Crippen LogP) is -0.689. The van der Waals surface area contributed by atoms with Crippen LogP contribution >= 0.6 is 0 Å². The lowest BCUT2D eigenvalue weighted by Gasteiger charge is -2.27. The van der Waals surface area contributed by atoms with E-state index in [0.29, 0.717) is 39.3 Å². The largest absolute Gasteiger partial charge is 0.379 e. The SMILES string of the molecule is CC1NNCC1C(=O)N1CCOCC(Cc2cccc(C(N)=O)n2)C1. The second kappa shape index (κ2) is 7.90. The molecule has 136 valence electrons. The standard InChI is InChI=1S/C17H25N5O3/c1-11-14(8-19-21-11)17(24)22-5-6-25-10-12(9-22)7-13-3-2-4-15(20-13)16(18)23/h2-4,11-12,14,19,21H,5-10H2,1H3,(H2,18,23). The van der Waals surface area contributed by atoms with E-state index in [1.807, 2.05) is 17.9 Å². The Kier molecular flexibility index (Phi) is 5.62. The third-order valence-corrected chi connectivity index (χ3v) is 4.78. The molecule has 4 N–H and O–H groups in total. The molecular formula is C17H25N5O3. The van der Waals surface area contributed by atoms with E-state index in [9.17, 15) is 9.59 Å². The summed E-state index contributed by atoms with van der Waals surface area (Å²) in [6.07, 6.45) is 0.640. The van der Waals surface area contributed by atoms with Crippen molar-refractivity contribution in [1.82, 2.24) is 20.7 Å². The van der Waals surface area contributed by atoms with Gasteiger partial charge >= 0.3 is 0 Å². The first-order valence-electron chi connectivity index (χ1n) is 8.65. The Hall–Kier alpha value is -2.03. The summed E-state index contributed by atoms with van der Waals surface area (Å²) < 4.78 is 5.68. The molecule has 0 radical (unpaired) electrons. The Morgan fingerprint density at radius 3 is 3.00 bits per heavy atom. The molecular weight excluding hydrogens is 322 g/mol. The minimum Gasteiger partial charge on any atom is -0.379 e. The molecule has 8 nitrogen and oxygen atoms in total. The molecule has 8 heteroatoms. The molecule has 2 aliphatic heterocycles. The average Bonchev–Trinajstić information content (AvgIpc) is 2.88. The van der Waals surface area contributed by atoms with Gasteiger partial charge in [0.25, 0.3) is 5.91 Å². The molecule has 0 bridgehead atoms. The highest BCUT2D eigenvalue weighted by molar-refractivity contribution is 5.90. The van der Waals surface area contributed by atoms with Crippen LogP contribution in [-0.4, -0.2) is 60.6 Å². The molecule has 0 aromatic carbocycles. The molecule has 2 amide bonds. The van der Waals surface area contributed by atoms with E-state index in [0.717, 1.165) is 5.69 Å². The lowest BCUT2D eigenvalue weighted by molar-refractivity contribution is -0.135. The van der Waals surface area contributed by atoms with Gasteiger partial charge in [-0.1, -0.05) is 6.07 Å². The molecule has 25 heavy (non-hydrogen) atoms. The van der Waals surface area contributed by atoms with Crippen molar-refractivity contribution in [3.63, 3.8) is 0 Å². The van der Waals surface area contributed by atoms with Gasteiger partial charge in [-0.25, -0.2) is 4.98 Å². The van der Waals surface area contributed by atoms with E-state index in [1.54, 1.807) is 12.1 Å². The van der Waals surface area contributed by atoms with Crippen molar-refractivity contribution in [3.05, 3.63) is 29.6 Å². The molecule has 3 unspecified atom stereocenters. The van der Waals surface area contributed by atoms with Gasteiger partial charge < -0.3 is 15.4 Å². The normalized spacial score (nSPS) is 27.1. The highest BCUT2D eigenvalue weighted by atomic mass is 16.5. The van der Waals surface area contributed by atoms with E-state index in [-0.39, 0.29) is 29.5 Å². The molecule has 2 saturated heterocycles. The van der Waals surface area contributed by atoms with E-state index < -0.39 is 5.91 Å². The number of hydrazine groups is 1. The van der Waals surface area contributed by atoms with E-state index >= 15 is 0 Å². The smallest absolute Gasteiger partial charge is 0.267 e. The number of carbonyl (C=O) groups excluding carboxylic acids is 2. The molecule has 0 aliphatic carbocycles. The first-order chi connectivity index (χ1) is 12.0. The molecule has 0 saturated carbocycles. The zero-order chi connectivity index (χ0) is 17.8. The van der Waals surface area contributed by atoms with Gasteiger partial charge in [-0.2, -0.15) is 0 Å². The van der Waals surface area contributed by atoms with Gasteiger partial charge in [0, 0.05) is 37.3 Å². The van der Waals surface area contributed by atoms with Gasteiger partial charge in [0.2, 0.25) is 5.91 Å².